The first kappa shape index (κ1) is 27.2. The van der Waals surface area contributed by atoms with Crippen LogP contribution in [0.2, 0.25) is 0 Å². The van der Waals surface area contributed by atoms with E-state index in [0.29, 0.717) is 5.82 Å². The second kappa shape index (κ2) is 9.97. The highest BCUT2D eigenvalue weighted by atomic mass is 32.1. The van der Waals surface area contributed by atoms with Gasteiger partial charge in [-0.1, -0.05) is 103 Å². The number of fused-ring (bicyclic) bond motifs is 12. The maximum absolute atomic E-state index is 6.44. The Kier molecular flexibility index (Phi) is 5.32. The highest BCUT2D eigenvalue weighted by Gasteiger charge is 2.23. The second-order valence-electron chi connectivity index (χ2n) is 13.2. The van der Waals surface area contributed by atoms with Crippen LogP contribution in [-0.2, 0) is 0 Å². The monoisotopic (exact) mass is 668 g/mol. The third-order valence-electron chi connectivity index (χ3n) is 10.4. The summed E-state index contributed by atoms with van der Waals surface area (Å²) in [5.41, 5.74) is 11.1. The van der Waals surface area contributed by atoms with Gasteiger partial charge in [-0.15, -0.1) is 11.3 Å². The van der Waals surface area contributed by atoms with Gasteiger partial charge in [0, 0.05) is 48.8 Å². The summed E-state index contributed by atoms with van der Waals surface area (Å²) in [5.74, 6) is 0.644. The molecule has 0 bridgehead atoms. The van der Waals surface area contributed by atoms with Crippen molar-refractivity contribution in [3.8, 4) is 33.2 Å². The first-order valence-corrected chi connectivity index (χ1v) is 17.8. The van der Waals surface area contributed by atoms with Gasteiger partial charge in [0.15, 0.2) is 5.82 Å². The van der Waals surface area contributed by atoms with Gasteiger partial charge in [0.1, 0.15) is 16.2 Å². The smallest absolute Gasteiger partial charge is 0.164 e. The normalized spacial score (nSPS) is 12.3. The van der Waals surface area contributed by atoms with Crippen molar-refractivity contribution in [3.63, 3.8) is 0 Å². The Balaban J connectivity index is 1.16. The SMILES string of the molecule is c1ccc(-c2nc3cc4c5ccccc5n5c6ccc(-c7nc(-c8cccc9c8oc8ccccc89)nc8ccccc78)cc6c(c3s2)c45)cc1. The van der Waals surface area contributed by atoms with E-state index in [1.165, 1.54) is 42.8 Å². The van der Waals surface area contributed by atoms with E-state index in [9.17, 15) is 0 Å². The lowest BCUT2D eigenvalue weighted by atomic mass is 10.0. The molecule has 0 fully saturated rings. The number of rotatable bonds is 3. The lowest BCUT2D eigenvalue weighted by Gasteiger charge is -2.10. The van der Waals surface area contributed by atoms with Crippen molar-refractivity contribution in [2.24, 2.45) is 0 Å². The Bertz CT molecular complexity index is 3370. The molecular weight excluding hydrogens is 645 g/mol. The van der Waals surface area contributed by atoms with Crippen LogP contribution in [0.25, 0.3) is 114 Å². The van der Waals surface area contributed by atoms with E-state index in [-0.39, 0.29) is 0 Å². The van der Waals surface area contributed by atoms with Gasteiger partial charge in [0.2, 0.25) is 0 Å². The zero-order valence-corrected chi connectivity index (χ0v) is 27.8. The number of furan rings is 1. The summed E-state index contributed by atoms with van der Waals surface area (Å²) in [6.07, 6.45) is 0. The number of para-hydroxylation sites is 4. The molecule has 236 valence electrons. The molecule has 0 saturated heterocycles. The van der Waals surface area contributed by atoms with Crippen molar-refractivity contribution in [2.75, 3.05) is 0 Å². The van der Waals surface area contributed by atoms with Gasteiger partial charge in [-0.25, -0.2) is 15.0 Å². The number of aromatic nitrogens is 4. The van der Waals surface area contributed by atoms with E-state index in [4.69, 9.17) is 19.4 Å². The van der Waals surface area contributed by atoms with Gasteiger partial charge < -0.3 is 8.82 Å². The first-order chi connectivity index (χ1) is 25.3. The standard InChI is InChI=1S/C45H24N4OS/c1-2-11-25(12-3-1)45-47-35-24-32-27-13-5-8-19-36(27)49-37-22-21-26(23-33(37)39(41(32)49)43(35)51-45)40-30-15-4-7-18-34(30)46-44(48-40)31-17-10-16-29-28-14-6-9-20-38(28)50-42(29)31/h1-24H. The fraction of sp³-hybridized carbons (Fsp3) is 0. The minimum atomic E-state index is 0.644. The van der Waals surface area contributed by atoms with Crippen molar-refractivity contribution >= 4 is 92.5 Å². The molecule has 12 aromatic rings. The molecule has 0 radical (unpaired) electrons. The van der Waals surface area contributed by atoms with Gasteiger partial charge in [0.05, 0.1) is 43.5 Å². The minimum absolute atomic E-state index is 0.644. The molecule has 0 aliphatic heterocycles. The lowest BCUT2D eigenvalue weighted by Crippen LogP contribution is -1.95. The number of nitrogens with zero attached hydrogens (tertiary/aromatic N) is 4. The Morgan fingerprint density at radius 3 is 2.20 bits per heavy atom. The molecule has 51 heavy (non-hydrogen) atoms. The van der Waals surface area contributed by atoms with E-state index in [0.717, 1.165) is 65.8 Å². The zero-order chi connectivity index (χ0) is 33.2. The van der Waals surface area contributed by atoms with Gasteiger partial charge in [-0.3, -0.25) is 0 Å². The van der Waals surface area contributed by atoms with E-state index in [2.05, 4.69) is 126 Å². The maximum Gasteiger partial charge on any atom is 0.164 e. The zero-order valence-electron chi connectivity index (χ0n) is 27.0. The molecule has 0 spiro atoms. The van der Waals surface area contributed by atoms with E-state index in [1.807, 2.05) is 24.3 Å². The maximum atomic E-state index is 6.44. The molecule has 0 atom stereocenters. The van der Waals surface area contributed by atoms with Crippen molar-refractivity contribution in [3.05, 3.63) is 146 Å². The van der Waals surface area contributed by atoms with Gasteiger partial charge >= 0.3 is 0 Å². The Morgan fingerprint density at radius 2 is 1.27 bits per heavy atom. The third kappa shape index (κ3) is 3.71. The average Bonchev–Trinajstić information content (AvgIpc) is 3.95. The molecule has 0 aliphatic rings. The summed E-state index contributed by atoms with van der Waals surface area (Å²) in [7, 11) is 0. The van der Waals surface area contributed by atoms with Crippen molar-refractivity contribution in [1.82, 2.24) is 19.4 Å². The minimum Gasteiger partial charge on any atom is -0.455 e. The summed E-state index contributed by atoms with van der Waals surface area (Å²) >= 11 is 1.77. The fourth-order valence-corrected chi connectivity index (χ4v) is 9.24. The molecule has 0 amide bonds. The topological polar surface area (TPSA) is 56.2 Å². The molecular formula is C45H24N4OS. The molecule has 0 unspecified atom stereocenters. The quantitative estimate of drug-likeness (QED) is 0.188. The Morgan fingerprint density at radius 1 is 0.510 bits per heavy atom. The van der Waals surface area contributed by atoms with Gasteiger partial charge in [-0.2, -0.15) is 0 Å². The summed E-state index contributed by atoms with van der Waals surface area (Å²) in [4.78, 5) is 15.7. The molecule has 0 N–H and O–H groups in total. The van der Waals surface area contributed by atoms with Crippen LogP contribution in [0.3, 0.4) is 0 Å². The number of thiazole rings is 1. The molecule has 5 aromatic heterocycles. The molecule has 6 heteroatoms. The van der Waals surface area contributed by atoms with Crippen molar-refractivity contribution < 1.29 is 4.42 Å². The molecule has 5 nitrogen and oxygen atoms in total. The van der Waals surface area contributed by atoms with Gasteiger partial charge in [-0.05, 0) is 42.5 Å². The van der Waals surface area contributed by atoms with E-state index >= 15 is 0 Å². The number of hydrogen-bond acceptors (Lipinski definition) is 5. The third-order valence-corrected chi connectivity index (χ3v) is 11.5. The Hall–Kier alpha value is -6.63. The lowest BCUT2D eigenvalue weighted by molar-refractivity contribution is 0.669. The van der Waals surface area contributed by atoms with Crippen molar-refractivity contribution in [2.45, 2.75) is 0 Å². The number of hydrogen-bond donors (Lipinski definition) is 0. The molecule has 0 aliphatic carbocycles. The summed E-state index contributed by atoms with van der Waals surface area (Å²) in [6, 6.07) is 51.0. The highest BCUT2D eigenvalue weighted by Crippen LogP contribution is 2.47. The van der Waals surface area contributed by atoms with Crippen LogP contribution < -0.4 is 0 Å². The first-order valence-electron chi connectivity index (χ1n) is 17.0. The van der Waals surface area contributed by atoms with Crippen molar-refractivity contribution in [1.29, 1.82) is 0 Å². The Labute approximate surface area is 294 Å². The molecule has 5 heterocycles. The highest BCUT2D eigenvalue weighted by molar-refractivity contribution is 7.22. The van der Waals surface area contributed by atoms with Gasteiger partial charge in [0.25, 0.3) is 0 Å². The van der Waals surface area contributed by atoms with Crippen LogP contribution in [-0.4, -0.2) is 19.4 Å². The van der Waals surface area contributed by atoms with Crippen LogP contribution in [0.1, 0.15) is 0 Å². The summed E-state index contributed by atoms with van der Waals surface area (Å²) < 4.78 is 10.1. The summed E-state index contributed by atoms with van der Waals surface area (Å²) in [5, 5.41) is 9.08. The van der Waals surface area contributed by atoms with Crippen LogP contribution in [0.15, 0.2) is 150 Å². The summed E-state index contributed by atoms with van der Waals surface area (Å²) in [6.45, 7) is 0. The predicted octanol–water partition coefficient (Wildman–Crippen LogP) is 12.3. The number of benzene rings is 7. The predicted molar refractivity (Wildman–Crippen MR) is 211 cm³/mol. The average molecular weight is 669 g/mol. The van der Waals surface area contributed by atoms with Crippen LogP contribution in [0.4, 0.5) is 0 Å². The fourth-order valence-electron chi connectivity index (χ4n) is 8.13. The van der Waals surface area contributed by atoms with Crippen LogP contribution in [0.5, 0.6) is 0 Å². The molecule has 7 aromatic carbocycles. The van der Waals surface area contributed by atoms with Crippen LogP contribution in [0, 0.1) is 0 Å². The largest absolute Gasteiger partial charge is 0.455 e. The molecule has 0 saturated carbocycles. The van der Waals surface area contributed by atoms with E-state index in [1.54, 1.807) is 11.3 Å². The second-order valence-corrected chi connectivity index (χ2v) is 14.2. The van der Waals surface area contributed by atoms with Crippen LogP contribution >= 0.6 is 11.3 Å². The molecule has 12 rings (SSSR count). The van der Waals surface area contributed by atoms with E-state index < -0.39 is 0 Å².